The van der Waals surface area contributed by atoms with Gasteiger partial charge in [0.05, 0.1) is 54.6 Å². The number of carbonyl (C=O) groups is 3. The SMILES string of the molecule is CC1=C(C(C)NC(=O)NC2CCOC3(COC(c4ccc5c(C)c(C(C)NC(=O)NC6CCOC(C)(Cc7ccc8c(C)c(C(C)NC(=O)NC9CCc%10ncnn%10C9)oc8c7)C6)oc5c4)C3)C2)OC2=CC=CC(C)C21. The van der Waals surface area contributed by atoms with Gasteiger partial charge in [0.15, 0.2) is 0 Å². The number of aromatic nitrogens is 3. The van der Waals surface area contributed by atoms with Gasteiger partial charge in [-0.25, -0.2) is 24.0 Å². The summed E-state index contributed by atoms with van der Waals surface area (Å²) in [6.07, 6.45) is 13.1. The Labute approximate surface area is 443 Å². The first-order valence-corrected chi connectivity index (χ1v) is 27.3. The van der Waals surface area contributed by atoms with Crippen molar-refractivity contribution in [3.63, 3.8) is 0 Å². The molecule has 76 heavy (non-hydrogen) atoms. The van der Waals surface area contributed by atoms with E-state index in [1.54, 1.807) is 6.33 Å². The molecular formula is C58H73N9O9. The highest BCUT2D eigenvalue weighted by Gasteiger charge is 2.46. The van der Waals surface area contributed by atoms with Crippen LogP contribution in [0.15, 0.2) is 86.9 Å². The number of hydrogen-bond donors (Lipinski definition) is 6. The van der Waals surface area contributed by atoms with Crippen LogP contribution in [0.3, 0.4) is 0 Å². The van der Waals surface area contributed by atoms with Crippen LogP contribution in [0.4, 0.5) is 14.4 Å². The number of nitrogens with zero attached hydrogens (tertiary/aromatic N) is 3. The van der Waals surface area contributed by atoms with E-state index in [-0.39, 0.29) is 60.3 Å². The van der Waals surface area contributed by atoms with Gasteiger partial charge in [-0.1, -0.05) is 43.3 Å². The number of allylic oxidation sites excluding steroid dienone is 4. The quantitative estimate of drug-likeness (QED) is 0.0692. The molecule has 11 atom stereocenters. The van der Waals surface area contributed by atoms with Gasteiger partial charge in [0.2, 0.25) is 0 Å². The van der Waals surface area contributed by atoms with E-state index in [2.05, 4.69) is 99.2 Å². The van der Waals surface area contributed by atoms with E-state index in [4.69, 9.17) is 27.8 Å². The number of aryl methyl sites for hydroxylation is 3. The Kier molecular flexibility index (Phi) is 14.0. The topological polar surface area (TPSA) is 217 Å². The molecule has 3 saturated heterocycles. The maximum absolute atomic E-state index is 13.6. The van der Waals surface area contributed by atoms with Crippen molar-refractivity contribution in [2.24, 2.45) is 11.8 Å². The lowest BCUT2D eigenvalue weighted by Gasteiger charge is -2.39. The highest BCUT2D eigenvalue weighted by molar-refractivity contribution is 5.84. The second kappa shape index (κ2) is 20.7. The molecular weight excluding hydrogens is 967 g/mol. The molecule has 5 aliphatic heterocycles. The van der Waals surface area contributed by atoms with Gasteiger partial charge in [-0.3, -0.25) is 0 Å². The predicted molar refractivity (Wildman–Crippen MR) is 285 cm³/mol. The number of amides is 6. The number of urea groups is 3. The fourth-order valence-corrected chi connectivity index (χ4v) is 12.9. The van der Waals surface area contributed by atoms with Gasteiger partial charge in [-0.15, -0.1) is 0 Å². The molecule has 11 unspecified atom stereocenters. The number of fused-ring (bicyclic) bond motifs is 4. The third-order valence-corrected chi connectivity index (χ3v) is 16.8. The van der Waals surface area contributed by atoms with Gasteiger partial charge in [0.1, 0.15) is 46.4 Å². The molecule has 0 bridgehead atoms. The molecule has 1 spiro atoms. The van der Waals surface area contributed by atoms with Gasteiger partial charge < -0.3 is 59.7 Å². The van der Waals surface area contributed by atoms with Gasteiger partial charge >= 0.3 is 18.1 Å². The molecule has 0 radical (unpaired) electrons. The zero-order valence-electron chi connectivity index (χ0n) is 45.0. The maximum atomic E-state index is 13.6. The minimum Gasteiger partial charge on any atom is -0.463 e. The molecule has 11 rings (SSSR count). The van der Waals surface area contributed by atoms with Gasteiger partial charge in [0.25, 0.3) is 0 Å². The normalized spacial score (nSPS) is 28.3. The van der Waals surface area contributed by atoms with Crippen molar-refractivity contribution in [2.75, 3.05) is 19.8 Å². The van der Waals surface area contributed by atoms with Crippen molar-refractivity contribution in [3.8, 4) is 0 Å². The fourth-order valence-electron chi connectivity index (χ4n) is 12.9. The van der Waals surface area contributed by atoms with Crippen molar-refractivity contribution >= 4 is 40.0 Å². The van der Waals surface area contributed by atoms with Gasteiger partial charge in [-0.05, 0) is 121 Å². The zero-order valence-corrected chi connectivity index (χ0v) is 45.0. The van der Waals surface area contributed by atoms with Crippen LogP contribution in [0.1, 0.15) is 138 Å². The summed E-state index contributed by atoms with van der Waals surface area (Å²) in [5.41, 5.74) is 5.61. The largest absolute Gasteiger partial charge is 0.463 e. The lowest BCUT2D eigenvalue weighted by Crippen LogP contribution is -2.52. The van der Waals surface area contributed by atoms with E-state index in [1.807, 2.05) is 57.5 Å². The Hall–Kier alpha value is -6.63. The Morgan fingerprint density at radius 1 is 0.776 bits per heavy atom. The predicted octanol–water partition coefficient (Wildman–Crippen LogP) is 9.38. The van der Waals surface area contributed by atoms with Crippen LogP contribution in [0.25, 0.3) is 21.9 Å². The summed E-state index contributed by atoms with van der Waals surface area (Å²) in [6, 6.07) is 10.5. The standard InChI is InChI=1S/C58H73N9O9/c1-31-10-9-11-45-50(31)34(4)53(74-45)37(7)63-55(69)65-41-19-21-73-58(26-41)27-48(71-29-58)39-13-16-44-33(3)52(76-47(44)23-39)36(6)61-54(68)64-40-18-20-72-57(8,25-40)24-38-12-15-43-32(2)51(75-46(43)22-38)35(5)62-56(70)66-42-14-17-49-59-30-60-67(49)28-42/h9-13,15-16,22-23,30-31,35-37,40-42,48,50H,14,17-21,24-29H2,1-8H3,(H2,61,64,68)(H2,62,66,70)(H2,63,65,69). The molecule has 6 aliphatic rings. The van der Waals surface area contributed by atoms with Crippen LogP contribution in [-0.2, 0) is 38.3 Å². The number of hydrogen-bond acceptors (Lipinski definition) is 11. The molecule has 6 N–H and O–H groups in total. The second-order valence-corrected chi connectivity index (χ2v) is 22.7. The summed E-state index contributed by atoms with van der Waals surface area (Å²) in [6.45, 7) is 18.3. The lowest BCUT2D eigenvalue weighted by atomic mass is 9.84. The van der Waals surface area contributed by atoms with Gasteiger partial charge in [-0.2, -0.15) is 5.10 Å². The summed E-state index contributed by atoms with van der Waals surface area (Å²) in [5.74, 6) is 4.67. The smallest absolute Gasteiger partial charge is 0.315 e. The van der Waals surface area contributed by atoms with Crippen molar-refractivity contribution in [2.45, 2.75) is 167 Å². The molecule has 18 heteroatoms. The lowest BCUT2D eigenvalue weighted by molar-refractivity contribution is -0.0880. The minimum atomic E-state index is -0.525. The highest BCUT2D eigenvalue weighted by atomic mass is 16.6. The third-order valence-electron chi connectivity index (χ3n) is 16.8. The summed E-state index contributed by atoms with van der Waals surface area (Å²) >= 11 is 0. The monoisotopic (exact) mass is 1040 g/mol. The number of ether oxygens (including phenoxy) is 4. The van der Waals surface area contributed by atoms with E-state index in [0.717, 1.165) is 79.9 Å². The molecule has 1 aliphatic carbocycles. The summed E-state index contributed by atoms with van der Waals surface area (Å²) in [5, 5.41) is 25.1. The molecule has 3 aromatic heterocycles. The number of rotatable bonds is 12. The van der Waals surface area contributed by atoms with E-state index in [0.29, 0.717) is 82.3 Å². The average molecular weight is 1040 g/mol. The molecule has 5 aromatic rings. The third kappa shape index (κ3) is 10.5. The molecule has 6 amide bonds. The molecule has 2 aromatic carbocycles. The molecule has 18 nitrogen and oxygen atoms in total. The molecule has 0 saturated carbocycles. The highest BCUT2D eigenvalue weighted by Crippen LogP contribution is 2.45. The minimum absolute atomic E-state index is 0.0320. The molecule has 8 heterocycles. The van der Waals surface area contributed by atoms with E-state index >= 15 is 0 Å². The maximum Gasteiger partial charge on any atom is 0.315 e. The summed E-state index contributed by atoms with van der Waals surface area (Å²) in [4.78, 5) is 44.3. The van der Waals surface area contributed by atoms with Crippen LogP contribution in [0.2, 0.25) is 0 Å². The Balaban J connectivity index is 0.657. The summed E-state index contributed by atoms with van der Waals surface area (Å²) < 4.78 is 40.3. The van der Waals surface area contributed by atoms with Crippen LogP contribution in [0.5, 0.6) is 0 Å². The number of carbonyl (C=O) groups excluding carboxylic acids is 3. The van der Waals surface area contributed by atoms with Crippen LogP contribution >= 0.6 is 0 Å². The number of furan rings is 2. The Bertz CT molecular complexity index is 3130. The van der Waals surface area contributed by atoms with Crippen LogP contribution < -0.4 is 31.9 Å². The average Bonchev–Trinajstić information content (AvgIpc) is 4.24. The van der Waals surface area contributed by atoms with E-state index in [1.165, 1.54) is 0 Å². The van der Waals surface area contributed by atoms with Crippen molar-refractivity contribution < 1.29 is 42.2 Å². The molecule has 404 valence electrons. The van der Waals surface area contributed by atoms with Crippen LogP contribution in [-0.4, -0.2) is 88.0 Å². The van der Waals surface area contributed by atoms with Crippen LogP contribution in [0, 0.1) is 25.7 Å². The first-order valence-electron chi connectivity index (χ1n) is 27.3. The Morgan fingerprint density at radius 2 is 1.42 bits per heavy atom. The van der Waals surface area contributed by atoms with Crippen molar-refractivity contribution in [3.05, 3.63) is 118 Å². The Morgan fingerprint density at radius 3 is 2.13 bits per heavy atom. The first kappa shape index (κ1) is 51.5. The first-order chi connectivity index (χ1) is 36.5. The van der Waals surface area contributed by atoms with Gasteiger partial charge in [0, 0.05) is 72.4 Å². The summed E-state index contributed by atoms with van der Waals surface area (Å²) in [7, 11) is 0. The second-order valence-electron chi connectivity index (χ2n) is 22.7. The fraction of sp³-hybridized carbons (Fsp3) is 0.534. The van der Waals surface area contributed by atoms with Crippen molar-refractivity contribution in [1.29, 1.82) is 0 Å². The number of nitrogens with one attached hydrogen (secondary N) is 6. The number of benzene rings is 2. The molecule has 3 fully saturated rings. The van der Waals surface area contributed by atoms with Crippen molar-refractivity contribution in [1.82, 2.24) is 46.7 Å². The zero-order chi connectivity index (χ0) is 53.0. The van der Waals surface area contributed by atoms with E-state index in [9.17, 15) is 14.4 Å². The van der Waals surface area contributed by atoms with E-state index < -0.39 is 17.2 Å².